The molecule has 0 spiro atoms. The molecule has 1 aliphatic heterocycles. The van der Waals surface area contributed by atoms with Crippen molar-refractivity contribution in [1.82, 2.24) is 15.1 Å². The first-order valence-corrected chi connectivity index (χ1v) is 9.35. The smallest absolute Gasteiger partial charge is 0.349 e. The Kier molecular flexibility index (Phi) is 5.64. The van der Waals surface area contributed by atoms with E-state index < -0.39 is 11.9 Å². The predicted molar refractivity (Wildman–Crippen MR) is 98.8 cm³/mol. The number of urea groups is 1. The molecule has 0 radical (unpaired) electrons. The largest absolute Gasteiger partial charge is 0.416 e. The molecule has 26 heavy (non-hydrogen) atoms. The first-order chi connectivity index (χ1) is 12.3. The molecule has 3 rings (SSSR count). The lowest BCUT2D eigenvalue weighted by Gasteiger charge is -2.24. The van der Waals surface area contributed by atoms with Crippen LogP contribution in [0.5, 0.6) is 0 Å². The Morgan fingerprint density at radius 2 is 2.00 bits per heavy atom. The highest BCUT2D eigenvalue weighted by molar-refractivity contribution is 7.98. The molecular weight excluding hydrogens is 399 g/mol. The van der Waals surface area contributed by atoms with E-state index >= 15 is 0 Å². The lowest BCUT2D eigenvalue weighted by atomic mass is 9.97. The average molecular weight is 413 g/mol. The quantitative estimate of drug-likeness (QED) is 0.692. The summed E-state index contributed by atoms with van der Waals surface area (Å²) in [5.74, 6) is -0.00687. The van der Waals surface area contributed by atoms with Crippen LogP contribution in [-0.4, -0.2) is 39.8 Å². The van der Waals surface area contributed by atoms with Crippen molar-refractivity contribution >= 4 is 52.6 Å². The second-order valence-corrected chi connectivity index (χ2v) is 7.43. The molecule has 10 heteroatoms. The first-order valence-electron chi connectivity index (χ1n) is 7.61. The molecule has 0 bridgehead atoms. The number of nitrogens with zero attached hydrogens (tertiary/aromatic N) is 4. The van der Waals surface area contributed by atoms with E-state index in [0.29, 0.717) is 32.6 Å². The van der Waals surface area contributed by atoms with Gasteiger partial charge in [0, 0.05) is 24.9 Å². The van der Waals surface area contributed by atoms with Crippen molar-refractivity contribution in [3.05, 3.63) is 39.7 Å². The normalized spacial score (nSPS) is 17.6. The van der Waals surface area contributed by atoms with Gasteiger partial charge in [-0.15, -0.1) is 10.2 Å². The molecule has 136 valence electrons. The number of amides is 3. The van der Waals surface area contributed by atoms with Gasteiger partial charge in [0.25, 0.3) is 5.22 Å². The molecule has 1 aromatic carbocycles. The molecule has 3 amide bonds. The zero-order valence-electron chi connectivity index (χ0n) is 13.9. The highest BCUT2D eigenvalue weighted by Gasteiger charge is 2.34. The Labute approximate surface area is 163 Å². The highest BCUT2D eigenvalue weighted by Crippen LogP contribution is 2.27. The third-order valence-electron chi connectivity index (χ3n) is 3.87. The molecular formula is C16H14Cl2N4O3S. The van der Waals surface area contributed by atoms with Gasteiger partial charge in [-0.1, -0.05) is 41.0 Å². The summed E-state index contributed by atoms with van der Waals surface area (Å²) >= 11 is 13.2. The molecule has 1 aromatic heterocycles. The highest BCUT2D eigenvalue weighted by atomic mass is 35.5. The minimum absolute atomic E-state index is 0.201. The Bertz CT molecular complexity index is 899. The minimum Gasteiger partial charge on any atom is -0.416 e. The lowest BCUT2D eigenvalue weighted by Crippen LogP contribution is -2.44. The number of carbonyl (C=O) groups is 2. The van der Waals surface area contributed by atoms with E-state index in [0.717, 1.165) is 10.5 Å². The van der Waals surface area contributed by atoms with Gasteiger partial charge >= 0.3 is 6.03 Å². The second kappa shape index (κ2) is 7.77. The van der Waals surface area contributed by atoms with Crippen LogP contribution in [0, 0.1) is 5.92 Å². The molecule has 0 saturated carbocycles. The fourth-order valence-corrected chi connectivity index (χ4v) is 3.42. The van der Waals surface area contributed by atoms with Gasteiger partial charge in [0.2, 0.25) is 11.8 Å². The summed E-state index contributed by atoms with van der Waals surface area (Å²) in [5, 5.41) is 9.32. The van der Waals surface area contributed by atoms with Gasteiger partial charge in [-0.3, -0.25) is 9.69 Å². The zero-order chi connectivity index (χ0) is 18.8. The molecule has 0 saturated heterocycles. The molecule has 2 heterocycles. The SMILES string of the molecule is CC1=NC(=O)N(C)C(=O)C1Cc1nnc(SCc2ccc(Cl)c(Cl)c2)o1. The van der Waals surface area contributed by atoms with Crippen molar-refractivity contribution in [2.75, 3.05) is 7.05 Å². The van der Waals surface area contributed by atoms with Crippen LogP contribution in [0.1, 0.15) is 18.4 Å². The molecule has 7 nitrogen and oxygen atoms in total. The number of hydrogen-bond donors (Lipinski definition) is 0. The number of halogens is 2. The average Bonchev–Trinajstić information content (AvgIpc) is 3.05. The second-order valence-electron chi connectivity index (χ2n) is 5.69. The maximum absolute atomic E-state index is 12.2. The van der Waals surface area contributed by atoms with E-state index in [1.54, 1.807) is 19.1 Å². The van der Waals surface area contributed by atoms with E-state index in [1.807, 2.05) is 6.07 Å². The summed E-state index contributed by atoms with van der Waals surface area (Å²) in [7, 11) is 1.40. The van der Waals surface area contributed by atoms with Crippen molar-refractivity contribution in [2.24, 2.45) is 10.9 Å². The van der Waals surface area contributed by atoms with Gasteiger partial charge in [0.05, 0.1) is 16.0 Å². The maximum Gasteiger partial charge on any atom is 0.349 e. The number of carbonyl (C=O) groups excluding carboxylic acids is 2. The third kappa shape index (κ3) is 4.08. The Balaban J connectivity index is 1.64. The fraction of sp³-hybridized carbons (Fsp3) is 0.312. The molecule has 1 atom stereocenters. The monoisotopic (exact) mass is 412 g/mol. The molecule has 2 aromatic rings. The van der Waals surface area contributed by atoms with Gasteiger partial charge in [-0.2, -0.15) is 0 Å². The number of rotatable bonds is 5. The van der Waals surface area contributed by atoms with E-state index in [2.05, 4.69) is 15.2 Å². The van der Waals surface area contributed by atoms with Crippen molar-refractivity contribution in [3.63, 3.8) is 0 Å². The topological polar surface area (TPSA) is 88.7 Å². The molecule has 1 aliphatic rings. The van der Waals surface area contributed by atoms with Crippen LogP contribution in [0.3, 0.4) is 0 Å². The van der Waals surface area contributed by atoms with Crippen LogP contribution in [0.25, 0.3) is 0 Å². The molecule has 1 unspecified atom stereocenters. The van der Waals surface area contributed by atoms with Crippen LogP contribution < -0.4 is 0 Å². The molecule has 0 fully saturated rings. The number of aromatic nitrogens is 2. The number of hydrogen-bond acceptors (Lipinski definition) is 6. The summed E-state index contributed by atoms with van der Waals surface area (Å²) in [6.07, 6.45) is 0.201. The van der Waals surface area contributed by atoms with E-state index in [-0.39, 0.29) is 12.3 Å². The van der Waals surface area contributed by atoms with E-state index in [9.17, 15) is 9.59 Å². The Hall–Kier alpha value is -1.90. The van der Waals surface area contributed by atoms with Gasteiger partial charge < -0.3 is 4.42 Å². The van der Waals surface area contributed by atoms with Crippen molar-refractivity contribution in [2.45, 2.75) is 24.3 Å². The van der Waals surface area contributed by atoms with Gasteiger partial charge in [0.1, 0.15) is 0 Å². The number of aliphatic imine (C=N–C) groups is 1. The zero-order valence-corrected chi connectivity index (χ0v) is 16.2. The van der Waals surface area contributed by atoms with Crippen LogP contribution in [-0.2, 0) is 17.0 Å². The number of imide groups is 1. The number of benzene rings is 1. The van der Waals surface area contributed by atoms with Crippen molar-refractivity contribution < 1.29 is 14.0 Å². The molecule has 0 aliphatic carbocycles. The Morgan fingerprint density at radius 1 is 1.23 bits per heavy atom. The lowest BCUT2D eigenvalue weighted by molar-refractivity contribution is -0.129. The maximum atomic E-state index is 12.2. The van der Waals surface area contributed by atoms with Gasteiger partial charge in [-0.25, -0.2) is 9.79 Å². The van der Waals surface area contributed by atoms with Gasteiger partial charge in [0.15, 0.2) is 0 Å². The van der Waals surface area contributed by atoms with Crippen LogP contribution in [0.15, 0.2) is 32.8 Å². The van der Waals surface area contributed by atoms with Crippen LogP contribution in [0.2, 0.25) is 10.0 Å². The summed E-state index contributed by atoms with van der Waals surface area (Å²) in [6, 6.07) is 4.81. The first kappa shape index (κ1) is 18.9. The van der Waals surface area contributed by atoms with Crippen LogP contribution >= 0.6 is 35.0 Å². The summed E-state index contributed by atoms with van der Waals surface area (Å²) in [6.45, 7) is 1.64. The van der Waals surface area contributed by atoms with Crippen molar-refractivity contribution in [3.8, 4) is 0 Å². The standard InChI is InChI=1S/C16H14Cl2N4O3S/c1-8-10(14(23)22(2)15(24)19-8)6-13-20-21-16(25-13)26-7-9-3-4-11(17)12(18)5-9/h3-5,10H,6-7H2,1-2H3. The van der Waals surface area contributed by atoms with Gasteiger partial charge in [-0.05, 0) is 24.6 Å². The number of thioether (sulfide) groups is 1. The predicted octanol–water partition coefficient (Wildman–Crippen LogP) is 3.88. The minimum atomic E-state index is -0.578. The summed E-state index contributed by atoms with van der Waals surface area (Å²) in [4.78, 5) is 28.6. The van der Waals surface area contributed by atoms with Crippen molar-refractivity contribution in [1.29, 1.82) is 0 Å². The van der Waals surface area contributed by atoms with E-state index in [4.69, 9.17) is 27.6 Å². The molecule has 0 N–H and O–H groups in total. The fourth-order valence-electron chi connectivity index (χ4n) is 2.37. The third-order valence-corrected chi connectivity index (χ3v) is 5.49. The summed E-state index contributed by atoms with van der Waals surface area (Å²) in [5.41, 5.74) is 1.41. The van der Waals surface area contributed by atoms with E-state index in [1.165, 1.54) is 18.8 Å². The summed E-state index contributed by atoms with van der Waals surface area (Å²) < 4.78 is 5.59. The van der Waals surface area contributed by atoms with Crippen LogP contribution in [0.4, 0.5) is 4.79 Å². The Morgan fingerprint density at radius 3 is 2.73 bits per heavy atom.